The van der Waals surface area contributed by atoms with Crippen LogP contribution in [0, 0.1) is 0 Å². The Hall–Kier alpha value is -2.30. The Morgan fingerprint density at radius 2 is 0.424 bits per heavy atom. The SMILES string of the molecule is Oc1c(C2CCCCC2)cc([S+](c2cc(C3CCCCC3)c(O)c(C3CCCCC3)c2)c2cc(C3CCCCC3)c(O)c(C3CCCCC3)c2)cc1C1CCCCC1.[Cl-]. The Labute approximate surface area is 366 Å². The van der Waals surface area contributed by atoms with E-state index in [1.807, 2.05) is 0 Å². The highest BCUT2D eigenvalue weighted by Crippen LogP contribution is 2.52. The van der Waals surface area contributed by atoms with E-state index in [9.17, 15) is 15.3 Å². The molecule has 0 bridgehead atoms. The van der Waals surface area contributed by atoms with Gasteiger partial charge in [0.1, 0.15) is 17.2 Å². The first-order valence-electron chi connectivity index (χ1n) is 24.9. The van der Waals surface area contributed by atoms with Crippen LogP contribution in [0.3, 0.4) is 0 Å². The average Bonchev–Trinajstić information content (AvgIpc) is 3.29. The van der Waals surface area contributed by atoms with E-state index in [2.05, 4.69) is 36.4 Å². The van der Waals surface area contributed by atoms with Crippen molar-refractivity contribution in [2.24, 2.45) is 0 Å². The third-order valence-corrected chi connectivity index (χ3v) is 18.5. The molecule has 322 valence electrons. The van der Waals surface area contributed by atoms with E-state index in [1.165, 1.54) is 241 Å². The van der Waals surface area contributed by atoms with Crippen molar-refractivity contribution in [1.82, 2.24) is 0 Å². The van der Waals surface area contributed by atoms with Crippen molar-refractivity contribution < 1.29 is 27.7 Å². The van der Waals surface area contributed by atoms with E-state index in [1.54, 1.807) is 0 Å². The molecule has 5 heteroatoms. The van der Waals surface area contributed by atoms with Crippen molar-refractivity contribution in [2.75, 3.05) is 0 Å². The fourth-order valence-electron chi connectivity index (χ4n) is 13.1. The maximum absolute atomic E-state index is 12.4. The third kappa shape index (κ3) is 9.55. The lowest BCUT2D eigenvalue weighted by molar-refractivity contribution is -0.0000148. The van der Waals surface area contributed by atoms with Gasteiger partial charge >= 0.3 is 0 Å². The maximum atomic E-state index is 12.4. The molecule has 9 rings (SSSR count). The van der Waals surface area contributed by atoms with Crippen LogP contribution in [-0.2, 0) is 10.9 Å². The monoisotopic (exact) mass is 839 g/mol. The van der Waals surface area contributed by atoms with Gasteiger partial charge in [0.2, 0.25) is 0 Å². The van der Waals surface area contributed by atoms with Crippen LogP contribution in [0.15, 0.2) is 51.1 Å². The molecule has 59 heavy (non-hydrogen) atoms. The molecule has 6 fully saturated rings. The first-order chi connectivity index (χ1) is 28.5. The molecule has 3 aromatic carbocycles. The van der Waals surface area contributed by atoms with Gasteiger partial charge in [-0.05, 0) is 113 Å². The Kier molecular flexibility index (Phi) is 14.9. The highest BCUT2D eigenvalue weighted by molar-refractivity contribution is 7.97. The predicted octanol–water partition coefficient (Wildman–Crippen LogP) is 13.2. The van der Waals surface area contributed by atoms with Crippen molar-refractivity contribution in [1.29, 1.82) is 0 Å². The molecule has 3 nitrogen and oxygen atoms in total. The summed E-state index contributed by atoms with van der Waals surface area (Å²) in [6.07, 6.45) is 36.9. The minimum atomic E-state index is -0.461. The number of aromatic hydroxyl groups is 3. The summed E-state index contributed by atoms with van der Waals surface area (Å²) in [5.41, 5.74) is 7.29. The van der Waals surface area contributed by atoms with Gasteiger partial charge in [0.05, 0.1) is 10.9 Å². The molecule has 0 atom stereocenters. The summed E-state index contributed by atoms with van der Waals surface area (Å²) in [5, 5.41) is 37.2. The first kappa shape index (κ1) is 43.4. The second-order valence-corrected chi connectivity index (χ2v) is 22.2. The van der Waals surface area contributed by atoms with Gasteiger partial charge in [0.15, 0.2) is 14.7 Å². The number of rotatable bonds is 9. The van der Waals surface area contributed by atoms with Crippen LogP contribution >= 0.6 is 0 Å². The minimum Gasteiger partial charge on any atom is -1.00 e. The van der Waals surface area contributed by atoms with E-state index in [0.29, 0.717) is 52.8 Å². The lowest BCUT2D eigenvalue weighted by atomic mass is 9.79. The molecule has 0 radical (unpaired) electrons. The van der Waals surface area contributed by atoms with Gasteiger partial charge in [-0.3, -0.25) is 0 Å². The number of phenols is 3. The van der Waals surface area contributed by atoms with Crippen molar-refractivity contribution >= 4 is 10.9 Å². The predicted molar refractivity (Wildman–Crippen MR) is 241 cm³/mol. The standard InChI is InChI=1S/C54H74O3S.ClH/c55-52-46(37-19-7-1-8-20-37)31-43(32-47(52)38-21-9-2-10-22-38)58(44-33-48(39-23-11-3-12-24-39)53(56)49(34-44)40-25-13-4-14-26-40)45-35-50(41-27-15-5-16-28-41)54(57)51(36-45)42-29-17-6-18-30-42;/h31-42H,1-30H2,(H2-,55,56,57);1H. The Bertz CT molecular complexity index is 1500. The molecular formula is C54H75ClO3S. The second kappa shape index (κ2) is 20.3. The molecule has 0 aliphatic heterocycles. The number of benzene rings is 3. The normalized spacial score (nSPS) is 22.7. The second-order valence-electron chi connectivity index (χ2n) is 20.2. The number of hydrogen-bond acceptors (Lipinski definition) is 3. The third-order valence-electron chi connectivity index (χ3n) is 16.4. The van der Waals surface area contributed by atoms with Crippen molar-refractivity contribution in [3.8, 4) is 17.2 Å². The largest absolute Gasteiger partial charge is 1.00 e. The Morgan fingerprint density at radius 1 is 0.271 bits per heavy atom. The van der Waals surface area contributed by atoms with Crippen molar-refractivity contribution in [2.45, 2.75) is 243 Å². The van der Waals surface area contributed by atoms with E-state index >= 15 is 0 Å². The van der Waals surface area contributed by atoms with E-state index < -0.39 is 10.9 Å². The average molecular weight is 840 g/mol. The molecule has 0 saturated heterocycles. The van der Waals surface area contributed by atoms with Crippen LogP contribution in [0.4, 0.5) is 0 Å². The zero-order valence-corrected chi connectivity index (χ0v) is 37.8. The van der Waals surface area contributed by atoms with E-state index in [4.69, 9.17) is 0 Å². The van der Waals surface area contributed by atoms with Gasteiger partial charge in [-0.2, -0.15) is 0 Å². The van der Waals surface area contributed by atoms with E-state index in [-0.39, 0.29) is 12.4 Å². The highest BCUT2D eigenvalue weighted by Gasteiger charge is 2.39. The molecule has 0 spiro atoms. The van der Waals surface area contributed by atoms with E-state index in [0.717, 1.165) is 0 Å². The van der Waals surface area contributed by atoms with Gasteiger partial charge < -0.3 is 27.7 Å². The van der Waals surface area contributed by atoms with Gasteiger partial charge in [-0.1, -0.05) is 116 Å². The Balaban J connectivity index is 0.00000484. The number of hydrogen-bond donors (Lipinski definition) is 3. The molecule has 0 amide bonds. The minimum absolute atomic E-state index is 0. The number of phenolic OH excluding ortho intramolecular Hbond substituents is 3. The zero-order valence-electron chi connectivity index (χ0n) is 36.3. The highest BCUT2D eigenvalue weighted by atomic mass is 35.5. The Morgan fingerprint density at radius 3 is 0.576 bits per heavy atom. The van der Waals surface area contributed by atoms with Crippen LogP contribution in [-0.4, -0.2) is 15.3 Å². The molecule has 3 N–H and O–H groups in total. The molecule has 6 aliphatic rings. The molecular weight excluding hydrogens is 764 g/mol. The molecule has 3 aromatic rings. The summed E-state index contributed by atoms with van der Waals surface area (Å²) in [7, 11) is -0.461. The van der Waals surface area contributed by atoms with Crippen LogP contribution in [0.1, 0.15) is 262 Å². The van der Waals surface area contributed by atoms with Gasteiger partial charge in [-0.15, -0.1) is 0 Å². The molecule has 0 heterocycles. The van der Waals surface area contributed by atoms with Gasteiger partial charge in [0.25, 0.3) is 0 Å². The van der Waals surface area contributed by atoms with Crippen LogP contribution in [0.2, 0.25) is 0 Å². The van der Waals surface area contributed by atoms with Gasteiger partial charge in [0, 0.05) is 69.8 Å². The smallest absolute Gasteiger partial charge is 0.167 e. The first-order valence-corrected chi connectivity index (χ1v) is 26.1. The molecule has 0 aromatic heterocycles. The fourth-order valence-corrected chi connectivity index (χ4v) is 15.4. The van der Waals surface area contributed by atoms with Crippen LogP contribution < -0.4 is 12.4 Å². The lowest BCUT2D eigenvalue weighted by Gasteiger charge is -2.30. The fraction of sp³-hybridized carbons (Fsp3) is 0.667. The van der Waals surface area contributed by atoms with Gasteiger partial charge in [-0.25, -0.2) is 0 Å². The molecule has 6 aliphatic carbocycles. The lowest BCUT2D eigenvalue weighted by Crippen LogP contribution is -3.00. The summed E-state index contributed by atoms with van der Waals surface area (Å²) in [6.45, 7) is 0. The zero-order chi connectivity index (χ0) is 39.4. The molecule has 6 saturated carbocycles. The summed E-state index contributed by atoms with van der Waals surface area (Å²) in [6, 6.07) is 14.9. The summed E-state index contributed by atoms with van der Waals surface area (Å²) < 4.78 is 0. The summed E-state index contributed by atoms with van der Waals surface area (Å²) in [5.74, 6) is 4.29. The maximum Gasteiger partial charge on any atom is 0.167 e. The number of halogens is 1. The molecule has 0 unspecified atom stereocenters. The quantitative estimate of drug-likeness (QED) is 0.188. The van der Waals surface area contributed by atoms with Crippen molar-refractivity contribution in [3.63, 3.8) is 0 Å². The van der Waals surface area contributed by atoms with Crippen LogP contribution in [0.25, 0.3) is 0 Å². The van der Waals surface area contributed by atoms with Crippen LogP contribution in [0.5, 0.6) is 17.2 Å². The summed E-state index contributed by atoms with van der Waals surface area (Å²) in [4.78, 5) is 4.09. The topological polar surface area (TPSA) is 60.7 Å². The summed E-state index contributed by atoms with van der Waals surface area (Å²) >= 11 is 0. The van der Waals surface area contributed by atoms with Crippen molar-refractivity contribution in [3.05, 3.63) is 69.8 Å².